The monoisotopic (exact) mass is 400 g/mol. The molecule has 1 aliphatic carbocycles. The zero-order valence-corrected chi connectivity index (χ0v) is 15.3. The predicted molar refractivity (Wildman–Crippen MR) is 92.1 cm³/mol. The van der Waals surface area contributed by atoms with Crippen molar-refractivity contribution in [2.24, 2.45) is 0 Å². The molecule has 0 amide bonds. The summed E-state index contributed by atoms with van der Waals surface area (Å²) >= 11 is 0. The number of esters is 1. The number of rotatable bonds is 9. The van der Waals surface area contributed by atoms with Crippen molar-refractivity contribution in [3.63, 3.8) is 0 Å². The number of nitrogens with one attached hydrogen (secondary N) is 1. The topological polar surface area (TPSA) is 98.5 Å². The maximum absolute atomic E-state index is 14.5. The largest absolute Gasteiger partial charge is 0.462 e. The Hall–Kier alpha value is -2.91. The van der Waals surface area contributed by atoms with Gasteiger partial charge in [0.25, 0.3) is 0 Å². The summed E-state index contributed by atoms with van der Waals surface area (Å²) in [5, 5.41) is 13.9. The van der Waals surface area contributed by atoms with Crippen LogP contribution in [0.15, 0.2) is 11.8 Å². The Morgan fingerprint density at radius 2 is 1.89 bits per heavy atom. The molecule has 0 heterocycles. The van der Waals surface area contributed by atoms with Gasteiger partial charge in [0.1, 0.15) is 17.0 Å². The van der Waals surface area contributed by atoms with Gasteiger partial charge >= 0.3 is 11.7 Å². The number of carbonyl (C=O) groups excluding carboxylic acids is 2. The quantitative estimate of drug-likeness (QED) is 0.0784. The Morgan fingerprint density at radius 1 is 1.25 bits per heavy atom. The minimum Gasteiger partial charge on any atom is -0.462 e. The molecular weight excluding hydrogens is 381 g/mol. The first-order chi connectivity index (χ1) is 13.2. The number of carbonyl (C=O) groups is 2. The number of benzene rings is 1. The van der Waals surface area contributed by atoms with Gasteiger partial charge in [0, 0.05) is 17.8 Å². The van der Waals surface area contributed by atoms with E-state index in [0.717, 1.165) is 26.0 Å². The lowest BCUT2D eigenvalue weighted by Crippen LogP contribution is -2.23. The molecule has 152 valence electrons. The Balaban J connectivity index is 2.53. The van der Waals surface area contributed by atoms with E-state index in [2.05, 4.69) is 5.32 Å². The standard InChI is InChI=1S/C18H19F3N2O5/c1-3-4-7-28-18(25)11(8-22-10-5-6-10)17(24)12-13(19)9(2)14(20)15(21)16(12)23(26)27/h8,10,22H,3-7H2,1-2H3. The molecule has 0 spiro atoms. The van der Waals surface area contributed by atoms with Gasteiger partial charge in [-0.15, -0.1) is 0 Å². The Morgan fingerprint density at radius 3 is 2.43 bits per heavy atom. The third kappa shape index (κ3) is 4.49. The molecule has 0 aliphatic heterocycles. The minimum atomic E-state index is -1.97. The van der Waals surface area contributed by atoms with Gasteiger partial charge in [0.2, 0.25) is 11.6 Å². The number of hydrogen-bond donors (Lipinski definition) is 1. The normalized spacial score (nSPS) is 14.0. The van der Waals surface area contributed by atoms with Crippen molar-refractivity contribution in [1.29, 1.82) is 0 Å². The fourth-order valence-corrected chi connectivity index (χ4v) is 2.33. The van der Waals surface area contributed by atoms with Gasteiger partial charge in [-0.1, -0.05) is 13.3 Å². The van der Waals surface area contributed by atoms with Crippen molar-refractivity contribution in [3.05, 3.63) is 50.5 Å². The number of ether oxygens (including phenoxy) is 1. The number of nitro benzene ring substituents is 1. The number of hydrogen-bond acceptors (Lipinski definition) is 6. The van der Waals surface area contributed by atoms with Crippen LogP contribution in [0, 0.1) is 34.5 Å². The molecule has 1 aromatic rings. The highest BCUT2D eigenvalue weighted by Gasteiger charge is 2.38. The maximum atomic E-state index is 14.5. The smallest absolute Gasteiger partial charge is 0.343 e. The van der Waals surface area contributed by atoms with Crippen LogP contribution in [0.3, 0.4) is 0 Å². The van der Waals surface area contributed by atoms with E-state index in [1.165, 1.54) is 0 Å². The highest BCUT2D eigenvalue weighted by molar-refractivity contribution is 6.25. The lowest BCUT2D eigenvalue weighted by Gasteiger charge is -2.11. The summed E-state index contributed by atoms with van der Waals surface area (Å²) in [5.74, 6) is -7.94. The molecule has 0 unspecified atom stereocenters. The molecule has 0 saturated heterocycles. The predicted octanol–water partition coefficient (Wildman–Crippen LogP) is 3.48. The fraction of sp³-hybridized carbons (Fsp3) is 0.444. The molecule has 1 saturated carbocycles. The second-order valence-corrected chi connectivity index (χ2v) is 6.37. The van der Waals surface area contributed by atoms with Crippen molar-refractivity contribution < 1.29 is 32.4 Å². The van der Waals surface area contributed by atoms with Crippen LogP contribution < -0.4 is 5.32 Å². The molecule has 7 nitrogen and oxygen atoms in total. The molecular formula is C18H19F3N2O5. The second-order valence-electron chi connectivity index (χ2n) is 6.37. The van der Waals surface area contributed by atoms with Crippen LogP contribution in [-0.4, -0.2) is 29.3 Å². The highest BCUT2D eigenvalue weighted by atomic mass is 19.2. The van der Waals surface area contributed by atoms with Crippen LogP contribution in [0.4, 0.5) is 18.9 Å². The molecule has 0 atom stereocenters. The molecule has 1 fully saturated rings. The van der Waals surface area contributed by atoms with E-state index >= 15 is 0 Å². The summed E-state index contributed by atoms with van der Waals surface area (Å²) in [6, 6.07) is -0.00207. The van der Waals surface area contributed by atoms with Crippen molar-refractivity contribution in [1.82, 2.24) is 5.32 Å². The fourth-order valence-electron chi connectivity index (χ4n) is 2.33. The Kier molecular flexibility index (Phi) is 6.76. The third-order valence-electron chi connectivity index (χ3n) is 4.16. The number of Topliss-reactive ketones (excluding diaryl/α,β-unsaturated/α-hetero) is 1. The lowest BCUT2D eigenvalue weighted by molar-refractivity contribution is -0.388. The van der Waals surface area contributed by atoms with E-state index in [1.807, 2.05) is 6.92 Å². The number of nitro groups is 1. The Bertz CT molecular complexity index is 850. The zero-order valence-electron chi connectivity index (χ0n) is 15.3. The zero-order chi connectivity index (χ0) is 21.0. The number of halogens is 3. The number of unbranched alkanes of at least 4 members (excludes halogenated alkanes) is 1. The summed E-state index contributed by atoms with van der Waals surface area (Å²) in [7, 11) is 0. The van der Waals surface area contributed by atoms with Crippen LogP contribution in [0.2, 0.25) is 0 Å². The summed E-state index contributed by atoms with van der Waals surface area (Å²) < 4.78 is 47.3. The van der Waals surface area contributed by atoms with Crippen molar-refractivity contribution in [3.8, 4) is 0 Å². The van der Waals surface area contributed by atoms with E-state index in [0.29, 0.717) is 12.8 Å². The minimum absolute atomic E-state index is 0.00207. The molecule has 10 heteroatoms. The van der Waals surface area contributed by atoms with Crippen LogP contribution in [0.1, 0.15) is 48.5 Å². The van der Waals surface area contributed by atoms with Gasteiger partial charge in [0.05, 0.1) is 11.5 Å². The highest BCUT2D eigenvalue weighted by Crippen LogP contribution is 2.32. The van der Waals surface area contributed by atoms with Gasteiger partial charge in [-0.05, 0) is 26.2 Å². The average Bonchev–Trinajstić information content (AvgIpc) is 3.47. The Labute approximate surface area is 158 Å². The first-order valence-electron chi connectivity index (χ1n) is 8.70. The number of nitrogens with zero attached hydrogens (tertiary/aromatic N) is 1. The summed E-state index contributed by atoms with van der Waals surface area (Å²) in [5.41, 5.74) is -4.61. The number of ketones is 1. The molecule has 1 aromatic carbocycles. The van der Waals surface area contributed by atoms with Crippen LogP contribution in [0.25, 0.3) is 0 Å². The van der Waals surface area contributed by atoms with Crippen LogP contribution >= 0.6 is 0 Å². The third-order valence-corrected chi connectivity index (χ3v) is 4.16. The van der Waals surface area contributed by atoms with Gasteiger partial charge in [0.15, 0.2) is 5.82 Å². The summed E-state index contributed by atoms with van der Waals surface area (Å²) in [4.78, 5) is 34.8. The van der Waals surface area contributed by atoms with E-state index < -0.39 is 56.5 Å². The molecule has 1 aliphatic rings. The first kappa shape index (κ1) is 21.4. The van der Waals surface area contributed by atoms with E-state index in [4.69, 9.17) is 4.74 Å². The first-order valence-corrected chi connectivity index (χ1v) is 8.70. The van der Waals surface area contributed by atoms with E-state index in [-0.39, 0.29) is 12.6 Å². The van der Waals surface area contributed by atoms with Crippen molar-refractivity contribution >= 4 is 17.4 Å². The van der Waals surface area contributed by atoms with Crippen molar-refractivity contribution in [2.45, 2.75) is 45.6 Å². The van der Waals surface area contributed by atoms with Crippen molar-refractivity contribution in [2.75, 3.05) is 6.61 Å². The van der Waals surface area contributed by atoms with Gasteiger partial charge in [-0.3, -0.25) is 14.9 Å². The van der Waals surface area contributed by atoms with Gasteiger partial charge in [-0.2, -0.15) is 4.39 Å². The lowest BCUT2D eigenvalue weighted by atomic mass is 9.98. The van der Waals surface area contributed by atoms with E-state index in [9.17, 15) is 32.9 Å². The second kappa shape index (κ2) is 8.85. The molecule has 0 bridgehead atoms. The van der Waals surface area contributed by atoms with Crippen LogP contribution in [-0.2, 0) is 9.53 Å². The van der Waals surface area contributed by atoms with E-state index in [1.54, 1.807) is 0 Å². The van der Waals surface area contributed by atoms with Crippen LogP contribution in [0.5, 0.6) is 0 Å². The molecule has 0 aromatic heterocycles. The molecule has 2 rings (SSSR count). The summed E-state index contributed by atoms with van der Waals surface area (Å²) in [6.07, 6.45) is 3.74. The molecule has 28 heavy (non-hydrogen) atoms. The van der Waals surface area contributed by atoms with Gasteiger partial charge < -0.3 is 10.1 Å². The molecule has 1 N–H and O–H groups in total. The summed E-state index contributed by atoms with van der Waals surface area (Å²) in [6.45, 7) is 2.65. The molecule has 0 radical (unpaired) electrons. The maximum Gasteiger partial charge on any atom is 0.343 e. The average molecular weight is 400 g/mol. The van der Waals surface area contributed by atoms with Gasteiger partial charge in [-0.25, -0.2) is 13.6 Å². The SMILES string of the molecule is CCCCOC(=O)C(=CNC1CC1)C(=O)c1c(F)c(C)c(F)c(F)c1[N+](=O)[O-].